The normalized spacial score (nSPS) is 8.80. The van der Waals surface area contributed by atoms with Crippen LogP contribution in [0.15, 0.2) is 12.3 Å². The zero-order chi connectivity index (χ0) is 11.9. The molecular weight excluding hydrogens is 204 g/mol. The summed E-state index contributed by atoms with van der Waals surface area (Å²) in [6.45, 7) is 7.50. The van der Waals surface area contributed by atoms with Crippen LogP contribution in [-0.2, 0) is 9.53 Å². The van der Waals surface area contributed by atoms with Gasteiger partial charge in [-0.3, -0.25) is 4.79 Å². The molecule has 0 aromatic heterocycles. The average Bonchev–Trinajstić information content (AvgIpc) is 1.81. The van der Waals surface area contributed by atoms with E-state index in [-0.39, 0.29) is 5.48 Å². The molecule has 0 rings (SSSR count). The molecule has 2 amide bonds. The van der Waals surface area contributed by atoms with Gasteiger partial charge in [0.25, 0.3) is 0 Å². The van der Waals surface area contributed by atoms with Gasteiger partial charge in [-0.15, -0.1) is 0 Å². The highest BCUT2D eigenvalue weighted by atomic mass is 16.5. The summed E-state index contributed by atoms with van der Waals surface area (Å²) < 4.78 is 4.19. The molecule has 0 radical (unpaired) electrons. The quantitative estimate of drug-likeness (QED) is 0.515. The lowest BCUT2D eigenvalue weighted by atomic mass is 10.1. The first-order valence-electron chi connectivity index (χ1n) is 3.72. The number of carbonyl (C=O) groups excluding carboxylic acids is 2. The van der Waals surface area contributed by atoms with Crippen molar-refractivity contribution in [2.24, 2.45) is 11.5 Å². The molecule has 7 N–H and O–H groups in total. The Bertz CT molecular complexity index is 220. The average molecular weight is 222 g/mol. The van der Waals surface area contributed by atoms with Crippen molar-refractivity contribution in [3.8, 4) is 0 Å². The highest BCUT2D eigenvalue weighted by molar-refractivity contribution is 5.81. The molecule has 0 spiro atoms. The van der Waals surface area contributed by atoms with Gasteiger partial charge in [-0.05, 0) is 20.8 Å². The zero-order valence-electron chi connectivity index (χ0n) is 9.03. The number of ether oxygens (including phenoxy) is 1. The van der Waals surface area contributed by atoms with E-state index in [2.05, 4.69) is 22.8 Å². The number of primary amides is 2. The number of amides is 2. The van der Waals surface area contributed by atoms with E-state index in [4.69, 9.17) is 5.11 Å². The molecule has 0 saturated heterocycles. The van der Waals surface area contributed by atoms with Gasteiger partial charge >= 0.3 is 6.09 Å². The topological polar surface area (TPSA) is 147 Å². The van der Waals surface area contributed by atoms with Crippen molar-refractivity contribution in [3.05, 3.63) is 12.3 Å². The molecule has 0 aromatic rings. The van der Waals surface area contributed by atoms with Crippen LogP contribution in [0.25, 0.3) is 0 Å². The van der Waals surface area contributed by atoms with Crippen LogP contribution in [0.4, 0.5) is 4.79 Å². The van der Waals surface area contributed by atoms with Gasteiger partial charge < -0.3 is 26.8 Å². The standard InChI is InChI=1S/C4H9NO2.C4H7NO2.H2O/c1-4(2,7)3(5)6;1-3(2)7-4(5)6;/h7H,1-2H3,(H2,5,6);1H2,2H3,(H2,5,6);1H2. The summed E-state index contributed by atoms with van der Waals surface area (Å²) in [4.78, 5) is 19.7. The molecule has 0 unspecified atom stereocenters. The third-order valence-corrected chi connectivity index (χ3v) is 0.878. The van der Waals surface area contributed by atoms with Gasteiger partial charge in [-0.1, -0.05) is 6.58 Å². The highest BCUT2D eigenvalue weighted by Gasteiger charge is 2.18. The van der Waals surface area contributed by atoms with Crippen molar-refractivity contribution in [2.75, 3.05) is 0 Å². The van der Waals surface area contributed by atoms with E-state index >= 15 is 0 Å². The Labute approximate surface area is 88.0 Å². The van der Waals surface area contributed by atoms with Gasteiger partial charge in [-0.25, -0.2) is 4.79 Å². The fourth-order valence-electron chi connectivity index (χ4n) is 0.172. The Balaban J connectivity index is -0.000000180. The molecule has 0 aromatic carbocycles. The van der Waals surface area contributed by atoms with Gasteiger partial charge in [-0.2, -0.15) is 0 Å². The van der Waals surface area contributed by atoms with Crippen LogP contribution in [-0.4, -0.2) is 28.2 Å². The molecule has 0 heterocycles. The first kappa shape index (κ1) is 19.0. The highest BCUT2D eigenvalue weighted by Crippen LogP contribution is 1.95. The smallest absolute Gasteiger partial charge is 0.409 e. The van der Waals surface area contributed by atoms with E-state index in [0.29, 0.717) is 5.76 Å². The van der Waals surface area contributed by atoms with Crippen LogP contribution in [0.3, 0.4) is 0 Å². The number of rotatable bonds is 2. The summed E-state index contributed by atoms with van der Waals surface area (Å²) in [5, 5.41) is 8.62. The molecule has 0 saturated carbocycles. The Kier molecular flexibility index (Phi) is 9.87. The lowest BCUT2D eigenvalue weighted by Crippen LogP contribution is -2.37. The summed E-state index contributed by atoms with van der Waals surface area (Å²) in [7, 11) is 0. The number of aliphatic hydroxyl groups is 1. The first-order chi connectivity index (χ1) is 6.07. The van der Waals surface area contributed by atoms with Gasteiger partial charge in [0.1, 0.15) is 5.60 Å². The second-order valence-corrected chi connectivity index (χ2v) is 3.05. The molecule has 0 aliphatic carbocycles. The summed E-state index contributed by atoms with van der Waals surface area (Å²) in [5.74, 6) is -0.389. The van der Waals surface area contributed by atoms with Gasteiger partial charge in [0, 0.05) is 0 Å². The maximum atomic E-state index is 9.99. The first-order valence-corrected chi connectivity index (χ1v) is 3.72. The van der Waals surface area contributed by atoms with Crippen molar-refractivity contribution < 1.29 is 24.9 Å². The second kappa shape index (κ2) is 7.77. The maximum absolute atomic E-state index is 9.99. The zero-order valence-corrected chi connectivity index (χ0v) is 9.03. The van der Waals surface area contributed by atoms with E-state index in [0.717, 1.165) is 0 Å². The fraction of sp³-hybridized carbons (Fsp3) is 0.500. The predicted molar refractivity (Wildman–Crippen MR) is 54.6 cm³/mol. The van der Waals surface area contributed by atoms with Crippen molar-refractivity contribution in [3.63, 3.8) is 0 Å². The Hall–Kier alpha value is -1.60. The fourth-order valence-corrected chi connectivity index (χ4v) is 0.172. The largest absolute Gasteiger partial charge is 0.416 e. The summed E-state index contributed by atoms with van der Waals surface area (Å²) in [5.41, 5.74) is 7.89. The molecule has 0 bridgehead atoms. The van der Waals surface area contributed by atoms with Crippen LogP contribution in [0.1, 0.15) is 20.8 Å². The maximum Gasteiger partial charge on any atom is 0.409 e. The van der Waals surface area contributed by atoms with E-state index < -0.39 is 17.6 Å². The van der Waals surface area contributed by atoms with E-state index in [1.54, 1.807) is 6.92 Å². The van der Waals surface area contributed by atoms with Crippen molar-refractivity contribution >= 4 is 12.0 Å². The molecular formula is C8H18N2O5. The third-order valence-electron chi connectivity index (χ3n) is 0.878. The van der Waals surface area contributed by atoms with Crippen LogP contribution in [0.2, 0.25) is 0 Å². The predicted octanol–water partition coefficient (Wildman–Crippen LogP) is -0.967. The second-order valence-electron chi connectivity index (χ2n) is 3.05. The Morgan fingerprint density at radius 2 is 1.60 bits per heavy atom. The molecule has 7 heteroatoms. The number of carbonyl (C=O) groups is 2. The van der Waals surface area contributed by atoms with Crippen LogP contribution >= 0.6 is 0 Å². The van der Waals surface area contributed by atoms with Crippen LogP contribution < -0.4 is 11.5 Å². The SMILES string of the molecule is C=C(C)OC(N)=O.CC(C)(O)C(N)=O.O. The molecule has 0 atom stereocenters. The molecule has 0 aliphatic rings. The van der Waals surface area contributed by atoms with E-state index in [1.807, 2.05) is 0 Å². The van der Waals surface area contributed by atoms with Gasteiger partial charge in [0.05, 0.1) is 5.76 Å². The Morgan fingerprint density at radius 3 is 1.60 bits per heavy atom. The lowest BCUT2D eigenvalue weighted by molar-refractivity contribution is -0.132. The van der Waals surface area contributed by atoms with Gasteiger partial charge in [0.2, 0.25) is 5.91 Å². The van der Waals surface area contributed by atoms with E-state index in [9.17, 15) is 9.59 Å². The number of hydrogen-bond donors (Lipinski definition) is 3. The summed E-state index contributed by atoms with van der Waals surface area (Å²) >= 11 is 0. The lowest BCUT2D eigenvalue weighted by Gasteiger charge is -2.09. The van der Waals surface area contributed by atoms with Crippen molar-refractivity contribution in [1.29, 1.82) is 0 Å². The molecule has 0 fully saturated rings. The minimum absolute atomic E-state index is 0. The van der Waals surface area contributed by atoms with Crippen LogP contribution in [0, 0.1) is 0 Å². The summed E-state index contributed by atoms with van der Waals surface area (Å²) in [6, 6.07) is 0. The molecule has 15 heavy (non-hydrogen) atoms. The van der Waals surface area contributed by atoms with Gasteiger partial charge in [0.15, 0.2) is 0 Å². The van der Waals surface area contributed by atoms with Crippen LogP contribution in [0.5, 0.6) is 0 Å². The molecule has 0 aliphatic heterocycles. The van der Waals surface area contributed by atoms with Crippen molar-refractivity contribution in [1.82, 2.24) is 0 Å². The van der Waals surface area contributed by atoms with Crippen molar-refractivity contribution in [2.45, 2.75) is 26.4 Å². The molecule has 90 valence electrons. The Morgan fingerprint density at radius 1 is 1.33 bits per heavy atom. The minimum Gasteiger partial charge on any atom is -0.416 e. The minimum atomic E-state index is -1.36. The third kappa shape index (κ3) is 19.0. The number of nitrogens with two attached hydrogens (primary N) is 2. The number of hydrogen-bond acceptors (Lipinski definition) is 4. The monoisotopic (exact) mass is 222 g/mol. The van der Waals surface area contributed by atoms with E-state index in [1.165, 1.54) is 13.8 Å². The number of allylic oxidation sites excluding steroid dienone is 1. The molecule has 7 nitrogen and oxygen atoms in total. The summed E-state index contributed by atoms with van der Waals surface area (Å²) in [6.07, 6.45) is -0.812.